The van der Waals surface area contributed by atoms with Gasteiger partial charge in [0.05, 0.1) is 11.9 Å². The van der Waals surface area contributed by atoms with Crippen molar-refractivity contribution in [2.24, 2.45) is 0 Å². The third-order valence-electron chi connectivity index (χ3n) is 3.40. The van der Waals surface area contributed by atoms with E-state index < -0.39 is 0 Å². The molecule has 0 radical (unpaired) electrons. The van der Waals surface area contributed by atoms with Crippen molar-refractivity contribution in [3.8, 4) is 0 Å². The molecule has 0 saturated carbocycles. The Balaban J connectivity index is 2.03. The van der Waals surface area contributed by atoms with E-state index in [0.717, 1.165) is 35.3 Å². The van der Waals surface area contributed by atoms with Gasteiger partial charge in [-0.2, -0.15) is 0 Å². The number of hydrogen-bond acceptors (Lipinski definition) is 2. The van der Waals surface area contributed by atoms with Gasteiger partial charge < -0.3 is 4.90 Å². The van der Waals surface area contributed by atoms with Crippen LogP contribution in [-0.2, 0) is 6.42 Å². The van der Waals surface area contributed by atoms with Crippen LogP contribution in [0.15, 0.2) is 42.7 Å². The molecule has 0 spiro atoms. The predicted molar refractivity (Wildman–Crippen MR) is 70.8 cm³/mol. The number of benzene rings is 1. The molecule has 3 heteroatoms. The number of hydrogen-bond donors (Lipinski definition) is 0. The number of aromatic nitrogens is 1. The number of rotatable bonds is 1. The summed E-state index contributed by atoms with van der Waals surface area (Å²) in [6.07, 6.45) is 4.42. The van der Waals surface area contributed by atoms with Crippen LogP contribution in [0.2, 0.25) is 0 Å². The highest BCUT2D eigenvalue weighted by Gasteiger charge is 2.25. The molecule has 0 bridgehead atoms. The van der Waals surface area contributed by atoms with Crippen molar-refractivity contribution in [2.75, 3.05) is 11.4 Å². The number of nitrogens with zero attached hydrogens (tertiary/aromatic N) is 2. The lowest BCUT2D eigenvalue weighted by molar-refractivity contribution is 0.0980. The molecule has 0 unspecified atom stereocenters. The Labute approximate surface area is 106 Å². The van der Waals surface area contributed by atoms with Crippen LogP contribution < -0.4 is 4.90 Å². The average molecular weight is 238 g/mol. The summed E-state index contributed by atoms with van der Waals surface area (Å²) in [7, 11) is 0. The third kappa shape index (κ3) is 1.68. The van der Waals surface area contributed by atoms with E-state index in [-0.39, 0.29) is 5.91 Å². The fourth-order valence-corrected chi connectivity index (χ4v) is 2.39. The minimum absolute atomic E-state index is 0.0768. The van der Waals surface area contributed by atoms with Gasteiger partial charge in [-0.1, -0.05) is 18.2 Å². The predicted octanol–water partition coefficient (Wildman–Crippen LogP) is 2.59. The molecule has 90 valence electrons. The molecule has 0 atom stereocenters. The lowest BCUT2D eigenvalue weighted by atomic mass is 9.98. The Hall–Kier alpha value is -2.16. The van der Waals surface area contributed by atoms with E-state index >= 15 is 0 Å². The number of carbonyl (C=O) groups excluding carboxylic acids is 1. The van der Waals surface area contributed by atoms with Crippen LogP contribution >= 0.6 is 0 Å². The summed E-state index contributed by atoms with van der Waals surface area (Å²) < 4.78 is 0. The maximum atomic E-state index is 12.5. The molecule has 3 rings (SSSR count). The Morgan fingerprint density at radius 3 is 2.89 bits per heavy atom. The molecule has 0 N–H and O–H groups in total. The van der Waals surface area contributed by atoms with Crippen molar-refractivity contribution in [3.05, 3.63) is 59.4 Å². The highest BCUT2D eigenvalue weighted by molar-refractivity contribution is 6.08. The number of pyridine rings is 1. The second-order valence-corrected chi connectivity index (χ2v) is 4.53. The van der Waals surface area contributed by atoms with E-state index in [1.165, 1.54) is 0 Å². The van der Waals surface area contributed by atoms with Crippen molar-refractivity contribution in [1.82, 2.24) is 4.98 Å². The van der Waals surface area contributed by atoms with Gasteiger partial charge in [0, 0.05) is 18.3 Å². The second kappa shape index (κ2) is 4.26. The van der Waals surface area contributed by atoms with E-state index in [2.05, 4.69) is 4.98 Å². The Morgan fingerprint density at radius 2 is 2.06 bits per heavy atom. The van der Waals surface area contributed by atoms with Crippen molar-refractivity contribution in [2.45, 2.75) is 13.3 Å². The summed E-state index contributed by atoms with van der Waals surface area (Å²) in [5.74, 6) is 0.0768. The number of amides is 1. The minimum Gasteiger partial charge on any atom is -0.306 e. The summed E-state index contributed by atoms with van der Waals surface area (Å²) in [5, 5.41) is 0. The molecule has 3 nitrogen and oxygen atoms in total. The molecule has 1 aromatic carbocycles. The Morgan fingerprint density at radius 1 is 1.22 bits per heavy atom. The van der Waals surface area contributed by atoms with Crippen LogP contribution in [-0.4, -0.2) is 17.4 Å². The van der Waals surface area contributed by atoms with Gasteiger partial charge in [0.2, 0.25) is 0 Å². The molecular weight excluding hydrogens is 224 g/mol. The van der Waals surface area contributed by atoms with Crippen LogP contribution in [0.4, 0.5) is 5.69 Å². The van der Waals surface area contributed by atoms with Gasteiger partial charge in [0.25, 0.3) is 5.91 Å². The fourth-order valence-electron chi connectivity index (χ4n) is 2.39. The van der Waals surface area contributed by atoms with Gasteiger partial charge in [-0.05, 0) is 36.6 Å². The highest BCUT2D eigenvalue weighted by atomic mass is 16.2. The molecular formula is C15H14N2O. The first-order valence-electron chi connectivity index (χ1n) is 6.08. The van der Waals surface area contributed by atoms with Crippen LogP contribution in [0.1, 0.15) is 21.5 Å². The topological polar surface area (TPSA) is 33.2 Å². The molecule has 2 heterocycles. The molecule has 0 fully saturated rings. The standard InChI is InChI=1S/C15H14N2O/c1-11-6-8-16-10-14(11)17-9-7-12-4-2-3-5-13(12)15(17)18/h2-6,8,10H,7,9H2,1H3. The first kappa shape index (κ1) is 11.0. The van der Waals surface area contributed by atoms with E-state index in [0.29, 0.717) is 0 Å². The monoisotopic (exact) mass is 238 g/mol. The quantitative estimate of drug-likeness (QED) is 0.765. The molecule has 1 amide bonds. The SMILES string of the molecule is Cc1ccncc1N1CCc2ccccc2C1=O. The first-order chi connectivity index (χ1) is 8.77. The van der Waals surface area contributed by atoms with Gasteiger partial charge in [-0.3, -0.25) is 9.78 Å². The van der Waals surface area contributed by atoms with E-state index in [9.17, 15) is 4.79 Å². The Kier molecular flexibility index (Phi) is 2.59. The second-order valence-electron chi connectivity index (χ2n) is 4.53. The summed E-state index contributed by atoms with van der Waals surface area (Å²) in [6.45, 7) is 2.73. The minimum atomic E-state index is 0.0768. The molecule has 1 aliphatic rings. The average Bonchev–Trinajstić information content (AvgIpc) is 2.41. The van der Waals surface area contributed by atoms with Gasteiger partial charge in [0.1, 0.15) is 0 Å². The lowest BCUT2D eigenvalue weighted by Crippen LogP contribution is -2.38. The molecule has 0 saturated heterocycles. The number of fused-ring (bicyclic) bond motifs is 1. The molecule has 1 aromatic heterocycles. The van der Waals surface area contributed by atoms with Crippen LogP contribution in [0.5, 0.6) is 0 Å². The van der Waals surface area contributed by atoms with Gasteiger partial charge in [-0.25, -0.2) is 0 Å². The fraction of sp³-hybridized carbons (Fsp3) is 0.200. The zero-order chi connectivity index (χ0) is 12.5. The van der Waals surface area contributed by atoms with Crippen molar-refractivity contribution in [1.29, 1.82) is 0 Å². The molecule has 0 aliphatic carbocycles. The van der Waals surface area contributed by atoms with E-state index in [1.807, 2.05) is 42.2 Å². The van der Waals surface area contributed by atoms with Crippen LogP contribution in [0.3, 0.4) is 0 Å². The maximum absolute atomic E-state index is 12.5. The summed E-state index contributed by atoms with van der Waals surface area (Å²) >= 11 is 0. The van der Waals surface area contributed by atoms with Crippen LogP contribution in [0, 0.1) is 6.92 Å². The van der Waals surface area contributed by atoms with Crippen LogP contribution in [0.25, 0.3) is 0 Å². The first-order valence-corrected chi connectivity index (χ1v) is 6.08. The number of anilines is 1. The van der Waals surface area contributed by atoms with Gasteiger partial charge in [-0.15, -0.1) is 0 Å². The van der Waals surface area contributed by atoms with Crippen molar-refractivity contribution >= 4 is 11.6 Å². The highest BCUT2D eigenvalue weighted by Crippen LogP contribution is 2.25. The smallest absolute Gasteiger partial charge is 0.258 e. The van der Waals surface area contributed by atoms with E-state index in [4.69, 9.17) is 0 Å². The molecule has 2 aromatic rings. The normalized spacial score (nSPS) is 14.5. The summed E-state index contributed by atoms with van der Waals surface area (Å²) in [6, 6.07) is 9.76. The van der Waals surface area contributed by atoms with Gasteiger partial charge in [0.15, 0.2) is 0 Å². The number of aryl methyl sites for hydroxylation is 1. The van der Waals surface area contributed by atoms with E-state index in [1.54, 1.807) is 12.4 Å². The zero-order valence-corrected chi connectivity index (χ0v) is 10.3. The maximum Gasteiger partial charge on any atom is 0.258 e. The third-order valence-corrected chi connectivity index (χ3v) is 3.40. The number of carbonyl (C=O) groups is 1. The van der Waals surface area contributed by atoms with Crippen molar-refractivity contribution < 1.29 is 4.79 Å². The van der Waals surface area contributed by atoms with Crippen molar-refractivity contribution in [3.63, 3.8) is 0 Å². The lowest BCUT2D eigenvalue weighted by Gasteiger charge is -2.29. The zero-order valence-electron chi connectivity index (χ0n) is 10.3. The summed E-state index contributed by atoms with van der Waals surface area (Å²) in [4.78, 5) is 18.4. The molecule has 1 aliphatic heterocycles. The molecule has 18 heavy (non-hydrogen) atoms. The summed E-state index contributed by atoms with van der Waals surface area (Å²) in [5.41, 5.74) is 3.95. The largest absolute Gasteiger partial charge is 0.306 e. The van der Waals surface area contributed by atoms with Gasteiger partial charge >= 0.3 is 0 Å². The Bertz CT molecular complexity index is 607.